The van der Waals surface area contributed by atoms with Crippen LogP contribution in [-0.2, 0) is 4.79 Å². The number of ether oxygens (including phenoxy) is 2. The van der Waals surface area contributed by atoms with Crippen molar-refractivity contribution >= 4 is 51.5 Å². The van der Waals surface area contributed by atoms with Crippen molar-refractivity contribution in [3.05, 3.63) is 59.1 Å². The van der Waals surface area contributed by atoms with Crippen LogP contribution in [0.2, 0.25) is 10.0 Å². The number of halogens is 3. The van der Waals surface area contributed by atoms with E-state index < -0.39 is 5.82 Å². The fraction of sp³-hybridized carbons (Fsp3) is 0.370. The first-order chi connectivity index (χ1) is 18.3. The number of nitrogens with zero attached hydrogens (tertiary/aromatic N) is 4. The molecule has 2 fully saturated rings. The van der Waals surface area contributed by atoms with E-state index in [9.17, 15) is 9.18 Å². The van der Waals surface area contributed by atoms with E-state index in [0.717, 1.165) is 19.5 Å². The molecule has 1 amide bonds. The number of benzene rings is 2. The summed E-state index contributed by atoms with van der Waals surface area (Å²) >= 11 is 11.9. The second-order valence-electron chi connectivity index (χ2n) is 9.52. The molecule has 0 saturated carbocycles. The normalized spacial score (nSPS) is 18.5. The van der Waals surface area contributed by atoms with Gasteiger partial charge in [0.25, 0.3) is 0 Å². The van der Waals surface area contributed by atoms with E-state index in [1.165, 1.54) is 24.5 Å². The van der Waals surface area contributed by atoms with Crippen molar-refractivity contribution in [3.63, 3.8) is 0 Å². The van der Waals surface area contributed by atoms with Gasteiger partial charge in [0.15, 0.2) is 17.3 Å². The molecule has 200 valence electrons. The van der Waals surface area contributed by atoms with Gasteiger partial charge in [-0.3, -0.25) is 4.79 Å². The lowest BCUT2D eigenvalue weighted by atomic mass is 10.1. The quantitative estimate of drug-likeness (QED) is 0.304. The van der Waals surface area contributed by atoms with Gasteiger partial charge in [-0.15, -0.1) is 0 Å². The van der Waals surface area contributed by atoms with Crippen molar-refractivity contribution in [1.29, 1.82) is 0 Å². The Morgan fingerprint density at radius 3 is 2.53 bits per heavy atom. The van der Waals surface area contributed by atoms with Crippen LogP contribution in [0.5, 0.6) is 11.5 Å². The minimum Gasteiger partial charge on any atom is -0.486 e. The maximum atomic E-state index is 14.8. The third kappa shape index (κ3) is 5.65. The number of likely N-dealkylation sites (N-methyl/N-ethyl adjacent to an activating group) is 1. The third-order valence-corrected chi connectivity index (χ3v) is 7.63. The van der Waals surface area contributed by atoms with Crippen LogP contribution in [0, 0.1) is 5.82 Å². The lowest BCUT2D eigenvalue weighted by molar-refractivity contribution is -0.127. The van der Waals surface area contributed by atoms with Crippen molar-refractivity contribution in [1.82, 2.24) is 19.8 Å². The summed E-state index contributed by atoms with van der Waals surface area (Å²) in [7, 11) is 2.06. The summed E-state index contributed by atoms with van der Waals surface area (Å²) in [5, 5.41) is 3.59. The number of anilines is 2. The van der Waals surface area contributed by atoms with Crippen molar-refractivity contribution in [3.8, 4) is 11.5 Å². The van der Waals surface area contributed by atoms with Crippen LogP contribution >= 0.6 is 23.2 Å². The Morgan fingerprint density at radius 1 is 1.11 bits per heavy atom. The number of rotatable bonds is 7. The number of piperidine rings is 1. The van der Waals surface area contributed by atoms with Crippen molar-refractivity contribution < 1.29 is 18.7 Å². The Bertz CT molecular complexity index is 1370. The minimum atomic E-state index is -0.673. The van der Waals surface area contributed by atoms with Crippen LogP contribution in [0.4, 0.5) is 15.9 Å². The number of carbonyl (C=O) groups is 1. The molecule has 1 atom stereocenters. The topological polar surface area (TPSA) is 79.8 Å². The van der Waals surface area contributed by atoms with E-state index in [2.05, 4.69) is 33.8 Å². The molecule has 1 aromatic heterocycles. The average molecular weight is 560 g/mol. The van der Waals surface area contributed by atoms with Crippen molar-refractivity contribution in [2.45, 2.75) is 31.5 Å². The smallest absolute Gasteiger partial charge is 0.245 e. The maximum absolute atomic E-state index is 14.8. The van der Waals surface area contributed by atoms with E-state index >= 15 is 0 Å². The molecule has 3 aromatic rings. The van der Waals surface area contributed by atoms with Gasteiger partial charge in [0.2, 0.25) is 5.91 Å². The molecule has 0 bridgehead atoms. The molecule has 2 saturated heterocycles. The average Bonchev–Trinajstić information content (AvgIpc) is 3.33. The highest BCUT2D eigenvalue weighted by Gasteiger charge is 2.27. The van der Waals surface area contributed by atoms with Gasteiger partial charge >= 0.3 is 0 Å². The number of fused-ring (bicyclic) bond motifs is 1. The second kappa shape index (κ2) is 11.3. The Kier molecular flexibility index (Phi) is 7.88. The molecule has 5 rings (SSSR count). The molecule has 2 aliphatic heterocycles. The zero-order valence-corrected chi connectivity index (χ0v) is 22.4. The molecule has 0 unspecified atom stereocenters. The molecule has 0 aliphatic carbocycles. The highest BCUT2D eigenvalue weighted by atomic mass is 35.5. The summed E-state index contributed by atoms with van der Waals surface area (Å²) < 4.78 is 27.6. The summed E-state index contributed by atoms with van der Waals surface area (Å²) in [4.78, 5) is 24.7. The molecule has 2 aromatic carbocycles. The summed E-state index contributed by atoms with van der Waals surface area (Å²) in [5.74, 6) is 0.774. The van der Waals surface area contributed by atoms with Crippen LogP contribution in [0.1, 0.15) is 19.3 Å². The fourth-order valence-electron chi connectivity index (χ4n) is 4.77. The zero-order chi connectivity index (χ0) is 26.8. The van der Waals surface area contributed by atoms with Crippen LogP contribution in [0.25, 0.3) is 10.9 Å². The molecule has 11 heteroatoms. The largest absolute Gasteiger partial charge is 0.486 e. The maximum Gasteiger partial charge on any atom is 0.245 e. The molecule has 1 N–H and O–H groups in total. The van der Waals surface area contributed by atoms with Crippen LogP contribution in [0.15, 0.2) is 43.2 Å². The van der Waals surface area contributed by atoms with Crippen LogP contribution in [-0.4, -0.2) is 71.1 Å². The fourth-order valence-corrected chi connectivity index (χ4v) is 5.08. The lowest BCUT2D eigenvalue weighted by Crippen LogP contribution is -2.41. The summed E-state index contributed by atoms with van der Waals surface area (Å²) in [5.41, 5.74) is 0.749. The summed E-state index contributed by atoms with van der Waals surface area (Å²) in [6.45, 7) is 6.50. The van der Waals surface area contributed by atoms with Gasteiger partial charge in [0.1, 0.15) is 24.4 Å². The third-order valence-electron chi connectivity index (χ3n) is 6.85. The van der Waals surface area contributed by atoms with Crippen LogP contribution in [0.3, 0.4) is 0 Å². The molecule has 8 nitrogen and oxygen atoms in total. The highest BCUT2D eigenvalue weighted by molar-refractivity contribution is 6.42. The Labute approximate surface area is 230 Å². The van der Waals surface area contributed by atoms with E-state index in [1.54, 1.807) is 4.90 Å². The number of amides is 1. The zero-order valence-electron chi connectivity index (χ0n) is 20.9. The molecular formula is C27H28Cl2FN5O3. The molecule has 2 aliphatic rings. The predicted octanol–water partition coefficient (Wildman–Crippen LogP) is 5.46. The van der Waals surface area contributed by atoms with Gasteiger partial charge in [0, 0.05) is 50.5 Å². The summed E-state index contributed by atoms with van der Waals surface area (Å²) in [6, 6.07) is 6.67. The minimum absolute atomic E-state index is 0.0246. The first kappa shape index (κ1) is 26.5. The van der Waals surface area contributed by atoms with Gasteiger partial charge in [0.05, 0.1) is 21.2 Å². The van der Waals surface area contributed by atoms with Crippen molar-refractivity contribution in [2.75, 3.05) is 38.5 Å². The van der Waals surface area contributed by atoms with Gasteiger partial charge in [-0.05, 0) is 37.7 Å². The SMILES string of the molecule is C=CC(=O)N1CCC(Oc2cc3c(Nc4ccc(Cl)c(Cl)c4F)ncnc3cc2O[C@@H]2CCN(C)C2)CC1. The first-order valence-corrected chi connectivity index (χ1v) is 13.2. The van der Waals surface area contributed by atoms with Gasteiger partial charge < -0.3 is 24.6 Å². The van der Waals surface area contributed by atoms with Crippen molar-refractivity contribution in [2.24, 2.45) is 0 Å². The number of nitrogens with one attached hydrogen (secondary N) is 1. The Hall–Kier alpha value is -3.14. The Balaban J connectivity index is 1.47. The van der Waals surface area contributed by atoms with E-state index in [1.807, 2.05) is 12.1 Å². The number of aromatic nitrogens is 2. The van der Waals surface area contributed by atoms with Gasteiger partial charge in [-0.1, -0.05) is 29.8 Å². The molecule has 38 heavy (non-hydrogen) atoms. The molecule has 3 heterocycles. The van der Waals surface area contributed by atoms with E-state index in [4.69, 9.17) is 32.7 Å². The van der Waals surface area contributed by atoms with Crippen LogP contribution < -0.4 is 14.8 Å². The summed E-state index contributed by atoms with van der Waals surface area (Å²) in [6.07, 6.45) is 4.91. The Morgan fingerprint density at radius 2 is 1.82 bits per heavy atom. The standard InChI is InChI=1S/C27H28Cl2FN5O3/c1-3-24(36)35-10-7-16(8-11-35)37-22-12-18-21(13-23(22)38-17-6-9-34(2)14-17)31-15-32-27(18)33-20-5-4-19(28)25(29)26(20)30/h3-5,12-13,15-17H,1,6-11,14H2,2H3,(H,31,32,33)/t17-/m1/s1. The molecule has 0 spiro atoms. The second-order valence-corrected chi connectivity index (χ2v) is 10.3. The number of carbonyl (C=O) groups excluding carboxylic acids is 1. The highest BCUT2D eigenvalue weighted by Crippen LogP contribution is 2.38. The monoisotopic (exact) mass is 559 g/mol. The van der Waals surface area contributed by atoms with Gasteiger partial charge in [-0.2, -0.15) is 0 Å². The van der Waals surface area contributed by atoms with E-state index in [0.29, 0.717) is 54.2 Å². The van der Waals surface area contributed by atoms with Gasteiger partial charge in [-0.25, -0.2) is 14.4 Å². The molecule has 0 radical (unpaired) electrons. The number of hydrogen-bond acceptors (Lipinski definition) is 7. The number of hydrogen-bond donors (Lipinski definition) is 1. The first-order valence-electron chi connectivity index (χ1n) is 12.4. The lowest BCUT2D eigenvalue weighted by Gasteiger charge is -2.32. The predicted molar refractivity (Wildman–Crippen MR) is 146 cm³/mol. The number of likely N-dealkylation sites (tertiary alicyclic amines) is 2. The molecular weight excluding hydrogens is 532 g/mol. The van der Waals surface area contributed by atoms with E-state index in [-0.39, 0.29) is 33.8 Å².